The predicted octanol–water partition coefficient (Wildman–Crippen LogP) is -6.46. The van der Waals surface area contributed by atoms with Crippen LogP contribution in [0.3, 0.4) is 0 Å². The molecular formula is C30H49N5O15. The van der Waals surface area contributed by atoms with Crippen molar-refractivity contribution in [2.45, 2.75) is 117 Å². The SMILES string of the molecule is NC[C@H]1O[C@H](O[C@H]2[C@H](O)[C@@H](O[C@H]3O[C@H](CO)[C@@H](O)[C@H](N)[C@H]3O)[C@H](NC(=O)[C@H](O)CCNC(=O)OCc3ccccc3)C[C@@H]2N)[C@H](O)[C@@H](O)[C@@H]1O. The van der Waals surface area contributed by atoms with Gasteiger partial charge in [-0.2, -0.15) is 0 Å². The summed E-state index contributed by atoms with van der Waals surface area (Å²) >= 11 is 0. The minimum Gasteiger partial charge on any atom is -0.445 e. The van der Waals surface area contributed by atoms with Gasteiger partial charge in [-0.15, -0.1) is 0 Å². The Morgan fingerprint density at radius 3 is 2.16 bits per heavy atom. The number of aliphatic hydroxyl groups excluding tert-OH is 8. The highest BCUT2D eigenvalue weighted by molar-refractivity contribution is 5.81. The Bertz CT molecular complexity index is 1220. The zero-order chi connectivity index (χ0) is 36.7. The van der Waals surface area contributed by atoms with Crippen molar-refractivity contribution in [2.75, 3.05) is 19.7 Å². The van der Waals surface area contributed by atoms with Gasteiger partial charge in [0.2, 0.25) is 5.91 Å². The standard InChI is InChI=1S/C30H49N5O15/c31-9-16-20(39)22(41)23(42)29(47-16)49-25-13(32)8-14(26(24(25)43)50-28-21(40)18(33)19(38)17(10-36)48-28)35-27(44)15(37)6-7-34-30(45)46-11-12-4-2-1-3-5-12/h1-5,13-26,28-29,36-43H,6-11,31-33H2,(H,34,45)(H,35,44)/t13-,14+,15+,16+,17+,18-,19+,20+,21+,22-,23+,24-,25+,26-,28+,29+/m0/s1. The number of nitrogens with one attached hydrogen (secondary N) is 2. The Kier molecular flexibility index (Phi) is 14.6. The van der Waals surface area contributed by atoms with Gasteiger partial charge in [0, 0.05) is 19.1 Å². The molecule has 4 rings (SSSR count). The van der Waals surface area contributed by atoms with Crippen molar-refractivity contribution in [1.82, 2.24) is 10.6 Å². The van der Waals surface area contributed by atoms with Gasteiger partial charge in [-0.1, -0.05) is 30.3 Å². The molecule has 1 aromatic carbocycles. The zero-order valence-electron chi connectivity index (χ0n) is 27.0. The Labute approximate surface area is 287 Å². The number of nitrogens with two attached hydrogens (primary N) is 3. The summed E-state index contributed by atoms with van der Waals surface area (Å²) in [6.45, 7) is -1.11. The molecule has 1 aromatic rings. The Morgan fingerprint density at radius 2 is 1.50 bits per heavy atom. The quantitative estimate of drug-likeness (QED) is 0.0901. The first-order valence-corrected chi connectivity index (χ1v) is 16.2. The van der Waals surface area contributed by atoms with Crippen LogP contribution in [0, 0.1) is 0 Å². The number of hydrogen-bond acceptors (Lipinski definition) is 18. The molecule has 2 saturated heterocycles. The van der Waals surface area contributed by atoms with Crippen molar-refractivity contribution in [2.24, 2.45) is 17.2 Å². The first-order valence-electron chi connectivity index (χ1n) is 16.2. The van der Waals surface area contributed by atoms with Crippen molar-refractivity contribution >= 4 is 12.0 Å². The number of benzene rings is 1. The molecule has 16 N–H and O–H groups in total. The summed E-state index contributed by atoms with van der Waals surface area (Å²) in [5.41, 5.74) is 18.6. The van der Waals surface area contributed by atoms with Crippen LogP contribution in [-0.4, -0.2) is 170 Å². The van der Waals surface area contributed by atoms with E-state index < -0.39 is 116 Å². The number of carbonyl (C=O) groups excluding carboxylic acids is 2. The van der Waals surface area contributed by atoms with Gasteiger partial charge in [-0.05, 0) is 18.4 Å². The van der Waals surface area contributed by atoms with E-state index in [0.717, 1.165) is 5.56 Å². The maximum Gasteiger partial charge on any atom is 0.407 e. The summed E-state index contributed by atoms with van der Waals surface area (Å²) in [6, 6.07) is 5.25. The van der Waals surface area contributed by atoms with Gasteiger partial charge in [0.05, 0.1) is 18.7 Å². The molecule has 16 atom stereocenters. The second kappa shape index (κ2) is 18.2. The Morgan fingerprint density at radius 1 is 0.860 bits per heavy atom. The van der Waals surface area contributed by atoms with Crippen LogP contribution in [-0.2, 0) is 35.1 Å². The van der Waals surface area contributed by atoms with E-state index in [2.05, 4.69) is 10.6 Å². The van der Waals surface area contributed by atoms with Gasteiger partial charge in [0.1, 0.15) is 73.8 Å². The summed E-state index contributed by atoms with van der Waals surface area (Å²) in [7, 11) is 0. The van der Waals surface area contributed by atoms with Gasteiger partial charge in [0.25, 0.3) is 0 Å². The monoisotopic (exact) mass is 719 g/mol. The van der Waals surface area contributed by atoms with Crippen molar-refractivity contribution < 1.29 is 74.1 Å². The zero-order valence-corrected chi connectivity index (χ0v) is 27.0. The van der Waals surface area contributed by atoms with E-state index in [-0.39, 0.29) is 32.5 Å². The molecule has 0 spiro atoms. The van der Waals surface area contributed by atoms with Crippen LogP contribution in [0.4, 0.5) is 4.79 Å². The Balaban J connectivity index is 1.43. The highest BCUT2D eigenvalue weighted by Gasteiger charge is 2.52. The summed E-state index contributed by atoms with van der Waals surface area (Å²) < 4.78 is 27.8. The molecule has 2 heterocycles. The third-order valence-corrected chi connectivity index (χ3v) is 8.97. The summed E-state index contributed by atoms with van der Waals surface area (Å²) in [5, 5.41) is 88.7. The van der Waals surface area contributed by atoms with Crippen molar-refractivity contribution in [3.8, 4) is 0 Å². The van der Waals surface area contributed by atoms with Crippen LogP contribution in [0.2, 0.25) is 0 Å². The van der Waals surface area contributed by atoms with Gasteiger partial charge < -0.3 is 92.4 Å². The third kappa shape index (κ3) is 9.61. The van der Waals surface area contributed by atoms with Crippen LogP contribution in [0.1, 0.15) is 18.4 Å². The van der Waals surface area contributed by atoms with E-state index in [1.54, 1.807) is 24.3 Å². The lowest BCUT2D eigenvalue weighted by Gasteiger charge is -2.49. The molecule has 0 aromatic heterocycles. The fourth-order valence-electron chi connectivity index (χ4n) is 5.99. The van der Waals surface area contributed by atoms with Crippen LogP contribution in [0.15, 0.2) is 30.3 Å². The minimum absolute atomic E-state index is 0.0103. The maximum atomic E-state index is 13.1. The lowest BCUT2D eigenvalue weighted by molar-refractivity contribution is -0.332. The smallest absolute Gasteiger partial charge is 0.407 e. The molecule has 2 amide bonds. The lowest BCUT2D eigenvalue weighted by Crippen LogP contribution is -2.69. The minimum atomic E-state index is -1.79. The highest BCUT2D eigenvalue weighted by atomic mass is 16.7. The molecule has 2 aliphatic heterocycles. The van der Waals surface area contributed by atoms with Crippen LogP contribution in [0.5, 0.6) is 0 Å². The topological polar surface area (TPSA) is 344 Å². The van der Waals surface area contributed by atoms with Gasteiger partial charge >= 0.3 is 6.09 Å². The maximum absolute atomic E-state index is 13.1. The molecule has 20 nitrogen and oxygen atoms in total. The van der Waals surface area contributed by atoms with Crippen LogP contribution < -0.4 is 27.8 Å². The van der Waals surface area contributed by atoms with Crippen molar-refractivity contribution in [3.63, 3.8) is 0 Å². The molecule has 0 unspecified atom stereocenters. The number of aliphatic hydroxyl groups is 8. The van der Waals surface area contributed by atoms with Gasteiger partial charge in [-0.3, -0.25) is 4.79 Å². The molecule has 1 aliphatic carbocycles. The van der Waals surface area contributed by atoms with E-state index in [1.807, 2.05) is 6.07 Å². The van der Waals surface area contributed by atoms with Gasteiger partial charge in [-0.25, -0.2) is 4.79 Å². The lowest BCUT2D eigenvalue weighted by atomic mass is 9.83. The first-order chi connectivity index (χ1) is 23.8. The molecule has 0 bridgehead atoms. The van der Waals surface area contributed by atoms with E-state index in [1.165, 1.54) is 0 Å². The number of ether oxygens (including phenoxy) is 5. The van der Waals surface area contributed by atoms with Gasteiger partial charge in [0.15, 0.2) is 12.6 Å². The number of carbonyl (C=O) groups is 2. The van der Waals surface area contributed by atoms with Crippen LogP contribution in [0.25, 0.3) is 0 Å². The van der Waals surface area contributed by atoms with Crippen molar-refractivity contribution in [3.05, 3.63) is 35.9 Å². The summed E-state index contributed by atoms with van der Waals surface area (Å²) in [5.74, 6) is -0.943. The normalized spacial score (nSPS) is 39.7. The molecular weight excluding hydrogens is 670 g/mol. The number of alkyl carbamates (subject to hydrolysis) is 1. The Hall–Kier alpha value is -2.64. The molecule has 50 heavy (non-hydrogen) atoms. The average Bonchev–Trinajstić information content (AvgIpc) is 3.10. The summed E-state index contributed by atoms with van der Waals surface area (Å²) in [6.07, 6.45) is -21.6. The molecule has 1 saturated carbocycles. The molecule has 20 heteroatoms. The molecule has 3 aliphatic rings. The average molecular weight is 720 g/mol. The highest BCUT2D eigenvalue weighted by Crippen LogP contribution is 2.32. The molecule has 3 fully saturated rings. The molecule has 0 radical (unpaired) electrons. The van der Waals surface area contributed by atoms with E-state index in [9.17, 15) is 50.4 Å². The molecule has 284 valence electrons. The second-order valence-electron chi connectivity index (χ2n) is 12.5. The number of rotatable bonds is 13. The number of hydrogen-bond donors (Lipinski definition) is 13. The second-order valence-corrected chi connectivity index (χ2v) is 12.5. The fraction of sp³-hybridized carbons (Fsp3) is 0.733. The third-order valence-electron chi connectivity index (χ3n) is 8.97. The van der Waals surface area contributed by atoms with E-state index >= 15 is 0 Å². The van der Waals surface area contributed by atoms with E-state index in [0.29, 0.717) is 0 Å². The first kappa shape index (κ1) is 40.1. The van der Waals surface area contributed by atoms with Crippen molar-refractivity contribution in [1.29, 1.82) is 0 Å². The fourth-order valence-corrected chi connectivity index (χ4v) is 5.99. The van der Waals surface area contributed by atoms with Crippen LogP contribution >= 0.6 is 0 Å². The largest absolute Gasteiger partial charge is 0.445 e. The summed E-state index contributed by atoms with van der Waals surface area (Å²) in [4.78, 5) is 25.1. The van der Waals surface area contributed by atoms with E-state index in [4.69, 9.17) is 40.9 Å². The predicted molar refractivity (Wildman–Crippen MR) is 167 cm³/mol. The number of amides is 2.